The minimum atomic E-state index is -1.52. The molecule has 22 heteroatoms. The van der Waals surface area contributed by atoms with E-state index in [4.69, 9.17) is 75.8 Å². The maximum absolute atomic E-state index is 11.0. The molecular weight excluding hydrogens is 834 g/mol. The van der Waals surface area contributed by atoms with Gasteiger partial charge in [0.05, 0.1) is 204 Å². The third-order valence-corrected chi connectivity index (χ3v) is 7.14. The quantitative estimate of drug-likeness (QED) is 0.0437. The van der Waals surface area contributed by atoms with Gasteiger partial charge in [-0.2, -0.15) is 0 Å². The molecule has 344 valence electrons. The number of hydrogen-bond donors (Lipinski definition) is 0. The molecule has 1 rings (SSSR count). The average Bonchev–Trinajstić information content (AvgIpc) is 3.23. The van der Waals surface area contributed by atoms with Gasteiger partial charge in [-0.3, -0.25) is 0 Å². The summed E-state index contributed by atoms with van der Waals surface area (Å²) in [5, 5.41) is 22.1. The van der Waals surface area contributed by atoms with Crippen molar-refractivity contribution in [2.24, 2.45) is 0 Å². The number of carboxylic acids is 2. The average molecular weight is 901 g/mol. The fourth-order valence-corrected chi connectivity index (χ4v) is 4.24. The van der Waals surface area contributed by atoms with Crippen LogP contribution in [-0.4, -0.2) is 217 Å². The van der Waals surface area contributed by atoms with Gasteiger partial charge in [0.15, 0.2) is 0 Å². The monoisotopic (exact) mass is 900 g/mol. The second-order valence-electron chi connectivity index (χ2n) is 11.7. The fraction of sp³-hybridized carbons (Fsp3) is 0.795. The molecule has 0 aliphatic heterocycles. The maximum Gasteiger partial charge on any atom is 1.00 e. The van der Waals surface area contributed by atoms with Crippen LogP contribution in [-0.2, 0) is 71.1 Å². The predicted octanol–water partition coefficient (Wildman–Crippen LogP) is -7.32. The van der Waals surface area contributed by atoms with Crippen molar-refractivity contribution in [3.05, 3.63) is 29.3 Å². The molecule has 0 saturated heterocycles. The summed E-state index contributed by atoms with van der Waals surface area (Å²) in [6.45, 7) is 13.5. The van der Waals surface area contributed by atoms with Crippen molar-refractivity contribution in [3.63, 3.8) is 0 Å². The van der Waals surface area contributed by atoms with Gasteiger partial charge in [-0.05, 0) is 18.2 Å². The van der Waals surface area contributed by atoms with Crippen LogP contribution in [0.25, 0.3) is 0 Å². The molecule has 0 bridgehead atoms. The summed E-state index contributed by atoms with van der Waals surface area (Å²) in [7, 11) is 1.64. The van der Waals surface area contributed by atoms with Gasteiger partial charge in [0.1, 0.15) is 12.4 Å². The number of carboxylic acid groups (broad SMARTS) is 2. The summed E-state index contributed by atoms with van der Waals surface area (Å²) in [5.41, 5.74) is -0.638. The van der Waals surface area contributed by atoms with Gasteiger partial charge in [-0.1, -0.05) is 0 Å². The molecule has 0 aliphatic carbocycles. The van der Waals surface area contributed by atoms with Crippen molar-refractivity contribution in [2.45, 2.75) is 0 Å². The molecule has 0 aliphatic rings. The minimum Gasteiger partial charge on any atom is -0.545 e. The first kappa shape index (κ1) is 62.4. The van der Waals surface area contributed by atoms with Crippen molar-refractivity contribution in [1.82, 2.24) is 0 Å². The van der Waals surface area contributed by atoms with E-state index in [-0.39, 0.29) is 89.2 Å². The third-order valence-electron chi connectivity index (χ3n) is 7.14. The number of carbonyl (C=O) groups excluding carboxylic acids is 2. The van der Waals surface area contributed by atoms with Crippen molar-refractivity contribution in [1.29, 1.82) is 0 Å². The molecule has 1 aromatic rings. The van der Waals surface area contributed by atoms with Gasteiger partial charge in [0, 0.05) is 18.2 Å². The van der Waals surface area contributed by atoms with Gasteiger partial charge in [-0.15, -0.1) is 0 Å². The first-order valence-corrected chi connectivity index (χ1v) is 19.8. The maximum atomic E-state index is 11.0. The molecule has 0 N–H and O–H groups in total. The van der Waals surface area contributed by atoms with Crippen molar-refractivity contribution >= 4 is 11.9 Å². The van der Waals surface area contributed by atoms with E-state index < -0.39 is 11.9 Å². The Hall–Kier alpha value is -0.640. The Morgan fingerprint density at radius 3 is 0.689 bits per heavy atom. The zero-order valence-corrected chi connectivity index (χ0v) is 40.6. The van der Waals surface area contributed by atoms with Crippen molar-refractivity contribution in [2.75, 3.05) is 205 Å². The summed E-state index contributed by atoms with van der Waals surface area (Å²) >= 11 is 0. The summed E-state index contributed by atoms with van der Waals surface area (Å²) in [6.07, 6.45) is 0. The standard InChI is InChI=1S/C39H68O20.2Na/c1-44-2-3-45-4-5-46-6-7-47-8-9-48-10-11-49-12-13-50-14-15-51-16-17-52-18-19-53-20-21-54-22-23-55-24-25-56-26-27-57-28-29-58-30-31-59-37-33-35(38(40)41)32-36(34-37)39(42)43;;/h32-34H,2-31H2,1H3,(H,40,41)(H,42,43);;/q;2*+1/p-2. The Morgan fingerprint density at radius 2 is 0.508 bits per heavy atom. The smallest absolute Gasteiger partial charge is 0.545 e. The molecular formula is C39H66Na2O20. The number of aromatic carboxylic acids is 2. The number of hydrogen-bond acceptors (Lipinski definition) is 20. The first-order chi connectivity index (χ1) is 29.0. The molecule has 0 atom stereocenters. The van der Waals surface area contributed by atoms with Crippen LogP contribution in [0.15, 0.2) is 18.2 Å². The second-order valence-corrected chi connectivity index (χ2v) is 11.7. The van der Waals surface area contributed by atoms with Crippen LogP contribution in [0.2, 0.25) is 0 Å². The topological polar surface area (TPSA) is 228 Å². The minimum absolute atomic E-state index is 0. The number of ether oxygens (including phenoxy) is 16. The van der Waals surface area contributed by atoms with Gasteiger partial charge < -0.3 is 95.6 Å². The third kappa shape index (κ3) is 44.4. The van der Waals surface area contributed by atoms with E-state index in [0.717, 1.165) is 6.07 Å². The zero-order chi connectivity index (χ0) is 42.5. The summed E-state index contributed by atoms with van der Waals surface area (Å²) in [4.78, 5) is 22.1. The van der Waals surface area contributed by atoms with Crippen molar-refractivity contribution in [3.8, 4) is 5.75 Å². The summed E-state index contributed by atoms with van der Waals surface area (Å²) < 4.78 is 86.4. The zero-order valence-electron chi connectivity index (χ0n) is 36.6. The van der Waals surface area contributed by atoms with Crippen LogP contribution in [0.4, 0.5) is 0 Å². The molecule has 0 unspecified atom stereocenters. The Labute approximate surface area is 404 Å². The summed E-state index contributed by atoms with van der Waals surface area (Å²) in [6, 6.07) is 3.28. The molecule has 0 saturated carbocycles. The fourth-order valence-electron chi connectivity index (χ4n) is 4.24. The van der Waals surface area contributed by atoms with E-state index in [1.54, 1.807) is 7.11 Å². The Bertz CT molecular complexity index is 1060. The molecule has 0 radical (unpaired) electrons. The molecule has 0 spiro atoms. The van der Waals surface area contributed by atoms with Crippen LogP contribution in [0.3, 0.4) is 0 Å². The Balaban J connectivity index is 0. The number of benzene rings is 1. The summed E-state index contributed by atoms with van der Waals surface area (Å²) in [5.74, 6) is -2.97. The van der Waals surface area contributed by atoms with Gasteiger partial charge in [0.25, 0.3) is 0 Å². The Kier molecular flexibility index (Phi) is 51.6. The number of rotatable bonds is 48. The molecule has 61 heavy (non-hydrogen) atoms. The van der Waals surface area contributed by atoms with Crippen LogP contribution in [0.1, 0.15) is 20.7 Å². The molecule has 1 aromatic carbocycles. The van der Waals surface area contributed by atoms with Gasteiger partial charge >= 0.3 is 59.1 Å². The molecule has 0 heterocycles. The van der Waals surface area contributed by atoms with E-state index in [2.05, 4.69) is 0 Å². The molecule has 0 fully saturated rings. The van der Waals surface area contributed by atoms with Gasteiger partial charge in [-0.25, -0.2) is 0 Å². The van der Waals surface area contributed by atoms with Crippen LogP contribution < -0.4 is 74.1 Å². The van der Waals surface area contributed by atoms with E-state index in [9.17, 15) is 19.8 Å². The molecule has 0 aromatic heterocycles. The van der Waals surface area contributed by atoms with Crippen molar-refractivity contribution < 1.29 is 155 Å². The first-order valence-electron chi connectivity index (χ1n) is 19.8. The van der Waals surface area contributed by atoms with Crippen LogP contribution in [0.5, 0.6) is 5.75 Å². The van der Waals surface area contributed by atoms with E-state index in [0.29, 0.717) is 185 Å². The van der Waals surface area contributed by atoms with Crippen LogP contribution >= 0.6 is 0 Å². The van der Waals surface area contributed by atoms with E-state index >= 15 is 0 Å². The van der Waals surface area contributed by atoms with E-state index in [1.165, 1.54) is 12.1 Å². The SMILES string of the molecule is COCCOCCOCCOCCOCCOCCOCCOCCOCCOCCOCCOCCOCCOCCOCCOc1cc(C(=O)[O-])cc(C(=O)[O-])c1.[Na+].[Na+]. The molecule has 20 nitrogen and oxygen atoms in total. The molecule has 0 amide bonds. The largest absolute Gasteiger partial charge is 1.00 e. The number of carbonyl (C=O) groups is 2. The van der Waals surface area contributed by atoms with Gasteiger partial charge in [0.2, 0.25) is 0 Å². The predicted molar refractivity (Wildman–Crippen MR) is 204 cm³/mol. The normalized spacial score (nSPS) is 11.0. The van der Waals surface area contributed by atoms with Crippen LogP contribution in [0, 0.1) is 0 Å². The van der Waals surface area contributed by atoms with E-state index in [1.807, 2.05) is 0 Å². The Morgan fingerprint density at radius 1 is 0.328 bits per heavy atom. The second kappa shape index (κ2) is 50.4. The number of methoxy groups -OCH3 is 1.